The van der Waals surface area contributed by atoms with Crippen molar-refractivity contribution in [2.75, 3.05) is 18.9 Å². The zero-order valence-electron chi connectivity index (χ0n) is 20.2. The topological polar surface area (TPSA) is 124 Å². The highest BCUT2D eigenvalue weighted by molar-refractivity contribution is 6.36. The van der Waals surface area contributed by atoms with Crippen LogP contribution >= 0.6 is 23.2 Å². The number of hydrogen-bond donors (Lipinski definition) is 3. The number of pyridine rings is 1. The highest BCUT2D eigenvalue weighted by atomic mass is 35.5. The molecule has 0 aliphatic rings. The maximum Gasteiger partial charge on any atom is 0.263 e. The number of H-pyrrole nitrogens is 1. The van der Waals surface area contributed by atoms with Crippen LogP contribution in [0.1, 0.15) is 18.5 Å². The molecule has 0 fully saturated rings. The molecule has 0 saturated heterocycles. The Morgan fingerprint density at radius 2 is 2.03 bits per heavy atom. The summed E-state index contributed by atoms with van der Waals surface area (Å²) in [6.45, 7) is 2.22. The molecular formula is C25H21Cl2F2N7O2. The molecule has 13 heteroatoms. The van der Waals surface area contributed by atoms with E-state index in [9.17, 15) is 4.79 Å². The Hall–Kier alpha value is -3.80. The van der Waals surface area contributed by atoms with Crippen LogP contribution < -0.4 is 21.3 Å². The number of fused-ring (bicyclic) bond motifs is 2. The van der Waals surface area contributed by atoms with Gasteiger partial charge in [-0.1, -0.05) is 17.7 Å². The van der Waals surface area contributed by atoms with Crippen molar-refractivity contribution in [1.82, 2.24) is 30.0 Å². The van der Waals surface area contributed by atoms with Crippen LogP contribution in [0.4, 0.5) is 14.6 Å². The Morgan fingerprint density at radius 3 is 2.79 bits per heavy atom. The molecule has 0 amide bonds. The second-order valence-electron chi connectivity index (χ2n) is 8.54. The summed E-state index contributed by atoms with van der Waals surface area (Å²) in [6, 6.07) is 6.17. The monoisotopic (exact) mass is 559 g/mol. The fraction of sp³-hybridized carbons (Fsp3) is 0.200. The fourth-order valence-corrected chi connectivity index (χ4v) is 4.92. The Balaban J connectivity index is 1.59. The number of halogens is 4. The van der Waals surface area contributed by atoms with Crippen molar-refractivity contribution >= 4 is 50.8 Å². The summed E-state index contributed by atoms with van der Waals surface area (Å²) in [5.41, 5.74) is 5.41. The van der Waals surface area contributed by atoms with Crippen molar-refractivity contribution in [2.24, 2.45) is 7.05 Å². The summed E-state index contributed by atoms with van der Waals surface area (Å²) >= 11 is 12.6. The predicted molar refractivity (Wildman–Crippen MR) is 143 cm³/mol. The highest BCUT2D eigenvalue weighted by Crippen LogP contribution is 2.45. The van der Waals surface area contributed by atoms with Crippen molar-refractivity contribution in [3.63, 3.8) is 0 Å². The van der Waals surface area contributed by atoms with Gasteiger partial charge in [0.25, 0.3) is 5.56 Å². The molecule has 0 saturated carbocycles. The Labute approximate surface area is 224 Å². The van der Waals surface area contributed by atoms with Gasteiger partial charge in [-0.15, -0.1) is 0 Å². The van der Waals surface area contributed by atoms with Crippen LogP contribution in [0.15, 0.2) is 41.5 Å². The van der Waals surface area contributed by atoms with Crippen molar-refractivity contribution in [3.05, 3.63) is 74.5 Å². The van der Waals surface area contributed by atoms with E-state index in [-0.39, 0.29) is 45.2 Å². The molecule has 1 unspecified atom stereocenters. The highest BCUT2D eigenvalue weighted by Gasteiger charge is 2.28. The number of anilines is 1. The third kappa shape index (κ3) is 4.42. The van der Waals surface area contributed by atoms with Crippen LogP contribution in [0.3, 0.4) is 0 Å². The van der Waals surface area contributed by atoms with Crippen LogP contribution in [0, 0.1) is 11.6 Å². The van der Waals surface area contributed by atoms with E-state index < -0.39 is 22.7 Å². The zero-order valence-corrected chi connectivity index (χ0v) is 21.7. The largest absolute Gasteiger partial charge is 0.490 e. The van der Waals surface area contributed by atoms with E-state index in [0.29, 0.717) is 23.3 Å². The molecular weight excluding hydrogens is 539 g/mol. The smallest absolute Gasteiger partial charge is 0.263 e. The van der Waals surface area contributed by atoms with E-state index in [1.165, 1.54) is 23.0 Å². The third-order valence-electron chi connectivity index (χ3n) is 6.20. The van der Waals surface area contributed by atoms with Gasteiger partial charge in [-0.05, 0) is 36.7 Å². The van der Waals surface area contributed by atoms with E-state index in [4.69, 9.17) is 33.7 Å². The van der Waals surface area contributed by atoms with Gasteiger partial charge in [0.2, 0.25) is 5.28 Å². The molecule has 5 rings (SSSR count). The SMILES string of the molecule is CC(NCCOc1c(Cl)c(-c2c(F)ccc3cnn(C)c23)c(F)c2nc(Cl)[nH]c(=O)c12)c1cccnc1N. The molecule has 0 bridgehead atoms. The first kappa shape index (κ1) is 25.8. The molecule has 0 aliphatic carbocycles. The Bertz CT molecular complexity index is 1760. The number of benzene rings is 2. The number of aryl methyl sites for hydroxylation is 1. The van der Waals surface area contributed by atoms with Gasteiger partial charge in [0.1, 0.15) is 29.1 Å². The van der Waals surface area contributed by atoms with Gasteiger partial charge < -0.3 is 15.8 Å². The molecule has 5 aromatic rings. The molecule has 0 radical (unpaired) electrons. The number of ether oxygens (including phenoxy) is 1. The number of aromatic nitrogens is 5. The number of rotatable bonds is 7. The number of hydrogen-bond acceptors (Lipinski definition) is 7. The maximum absolute atomic E-state index is 16.0. The number of nitrogens with two attached hydrogens (primary N) is 1. The van der Waals surface area contributed by atoms with Gasteiger partial charge in [0.15, 0.2) is 11.6 Å². The van der Waals surface area contributed by atoms with Crippen molar-refractivity contribution in [2.45, 2.75) is 13.0 Å². The molecule has 196 valence electrons. The lowest BCUT2D eigenvalue weighted by Crippen LogP contribution is -2.25. The van der Waals surface area contributed by atoms with Crippen molar-refractivity contribution in [3.8, 4) is 16.9 Å². The van der Waals surface area contributed by atoms with Crippen LogP contribution in [0.2, 0.25) is 10.3 Å². The lowest BCUT2D eigenvalue weighted by atomic mass is 9.99. The van der Waals surface area contributed by atoms with Gasteiger partial charge in [-0.25, -0.2) is 18.7 Å². The normalized spacial score (nSPS) is 12.4. The number of nitrogen functional groups attached to an aromatic ring is 1. The van der Waals surface area contributed by atoms with E-state index in [1.807, 2.05) is 13.0 Å². The Kier molecular flexibility index (Phi) is 6.91. The lowest BCUT2D eigenvalue weighted by Gasteiger charge is -2.18. The van der Waals surface area contributed by atoms with E-state index >= 15 is 8.78 Å². The minimum absolute atomic E-state index is 0.0187. The van der Waals surface area contributed by atoms with Gasteiger partial charge in [0, 0.05) is 47.9 Å². The van der Waals surface area contributed by atoms with Gasteiger partial charge >= 0.3 is 0 Å². The average molecular weight is 560 g/mol. The first-order valence-corrected chi connectivity index (χ1v) is 12.2. The zero-order chi connectivity index (χ0) is 27.1. The molecule has 1 atom stereocenters. The number of nitrogens with zero attached hydrogens (tertiary/aromatic N) is 4. The van der Waals surface area contributed by atoms with Crippen molar-refractivity contribution < 1.29 is 13.5 Å². The summed E-state index contributed by atoms with van der Waals surface area (Å²) in [5.74, 6) is -1.52. The quantitative estimate of drug-likeness (QED) is 0.194. The summed E-state index contributed by atoms with van der Waals surface area (Å²) in [5, 5.41) is 7.06. The Morgan fingerprint density at radius 1 is 1.24 bits per heavy atom. The van der Waals surface area contributed by atoms with Crippen molar-refractivity contribution in [1.29, 1.82) is 0 Å². The van der Waals surface area contributed by atoms with E-state index in [1.54, 1.807) is 19.3 Å². The fourth-order valence-electron chi connectivity index (χ4n) is 4.42. The predicted octanol–water partition coefficient (Wildman–Crippen LogP) is 4.77. The van der Waals surface area contributed by atoms with Gasteiger partial charge in [-0.3, -0.25) is 14.5 Å². The molecule has 2 aromatic carbocycles. The number of aromatic amines is 1. The first-order valence-electron chi connectivity index (χ1n) is 11.5. The van der Waals surface area contributed by atoms with Crippen LogP contribution in [-0.2, 0) is 7.05 Å². The lowest BCUT2D eigenvalue weighted by molar-refractivity contribution is 0.310. The molecule has 38 heavy (non-hydrogen) atoms. The third-order valence-corrected chi connectivity index (χ3v) is 6.74. The minimum atomic E-state index is -1.02. The molecule has 9 nitrogen and oxygen atoms in total. The van der Waals surface area contributed by atoms with Crippen LogP contribution in [0.5, 0.6) is 5.75 Å². The van der Waals surface area contributed by atoms with Crippen LogP contribution in [0.25, 0.3) is 32.9 Å². The standard InChI is InChI=1S/C25H21Cl2F2N7O2/c1-11(13-4-3-7-32-23(13)30)31-8-9-38-22-17-20(34-25(27)35-24(17)37)19(29)16(18(22)26)15-14(28)6-5-12-10-33-36(2)21(12)15/h3-7,10-11,31H,8-9H2,1-2H3,(H2,30,32)(H,34,35,37). The molecule has 0 aliphatic heterocycles. The minimum Gasteiger partial charge on any atom is -0.490 e. The molecule has 3 aromatic heterocycles. The molecule has 0 spiro atoms. The summed E-state index contributed by atoms with van der Waals surface area (Å²) in [6.07, 6.45) is 3.12. The summed E-state index contributed by atoms with van der Waals surface area (Å²) < 4.78 is 38.6. The second-order valence-corrected chi connectivity index (χ2v) is 9.28. The molecule has 3 heterocycles. The van der Waals surface area contributed by atoms with E-state index in [2.05, 4.69) is 25.4 Å². The maximum atomic E-state index is 16.0. The molecule has 4 N–H and O–H groups in total. The summed E-state index contributed by atoms with van der Waals surface area (Å²) in [7, 11) is 1.59. The summed E-state index contributed by atoms with van der Waals surface area (Å²) in [4.78, 5) is 23.2. The van der Waals surface area contributed by atoms with Gasteiger partial charge in [0.05, 0.1) is 16.7 Å². The first-order chi connectivity index (χ1) is 18.2. The second kappa shape index (κ2) is 10.2. The van der Waals surface area contributed by atoms with E-state index in [0.717, 1.165) is 5.56 Å². The average Bonchev–Trinajstić information content (AvgIpc) is 3.25. The van der Waals surface area contributed by atoms with Crippen LogP contribution in [-0.4, -0.2) is 37.9 Å². The van der Waals surface area contributed by atoms with Gasteiger partial charge in [-0.2, -0.15) is 5.10 Å². The number of nitrogens with one attached hydrogen (secondary N) is 2.